The van der Waals surface area contributed by atoms with E-state index in [-0.39, 0.29) is 54.6 Å². The molecular weight excluding hydrogens is 660 g/mol. The molecule has 2 aliphatic heterocycles. The number of hydrogen-bond donors (Lipinski definition) is 0. The van der Waals surface area contributed by atoms with Crippen LogP contribution in [0, 0.1) is 0 Å². The van der Waals surface area contributed by atoms with Crippen LogP contribution in [0.4, 0.5) is 4.79 Å². The van der Waals surface area contributed by atoms with Gasteiger partial charge in [-0.2, -0.15) is 0 Å². The SMILES string of the molecule is C=CC(=O)OCCOC(=O)Oc1ccc(C(=O)Oc2ccc(C(=O)O[C@H]3COC4[C@H](OC(=O)c5ccc(OC(C)=O)cc5)CO[C@@H]43)cc2)cc1. The summed E-state index contributed by atoms with van der Waals surface area (Å²) in [6, 6.07) is 17.0. The Hall–Kier alpha value is -6.06. The Labute approximate surface area is 284 Å². The average Bonchev–Trinajstić information content (AvgIpc) is 3.70. The molecule has 0 aromatic heterocycles. The van der Waals surface area contributed by atoms with Crippen molar-refractivity contribution < 1.29 is 71.4 Å². The van der Waals surface area contributed by atoms with Gasteiger partial charge in [-0.15, -0.1) is 0 Å². The Morgan fingerprint density at radius 3 is 1.50 bits per heavy atom. The smallest absolute Gasteiger partial charge is 0.459 e. The fourth-order valence-corrected chi connectivity index (χ4v) is 4.80. The van der Waals surface area contributed by atoms with Crippen LogP contribution in [-0.4, -0.2) is 86.8 Å². The van der Waals surface area contributed by atoms with E-state index < -0.39 is 60.4 Å². The summed E-state index contributed by atoms with van der Waals surface area (Å²) in [7, 11) is 0. The molecule has 50 heavy (non-hydrogen) atoms. The van der Waals surface area contributed by atoms with Crippen LogP contribution in [0.5, 0.6) is 17.2 Å². The van der Waals surface area contributed by atoms with Gasteiger partial charge in [0, 0.05) is 13.0 Å². The van der Waals surface area contributed by atoms with Crippen LogP contribution in [0.15, 0.2) is 85.5 Å². The first kappa shape index (κ1) is 35.3. The predicted molar refractivity (Wildman–Crippen MR) is 167 cm³/mol. The molecule has 4 atom stereocenters. The summed E-state index contributed by atoms with van der Waals surface area (Å²) < 4.78 is 47.5. The molecule has 15 nitrogen and oxygen atoms in total. The van der Waals surface area contributed by atoms with E-state index in [2.05, 4.69) is 11.3 Å². The molecule has 0 N–H and O–H groups in total. The van der Waals surface area contributed by atoms with Crippen LogP contribution in [0.25, 0.3) is 0 Å². The quantitative estimate of drug-likeness (QED) is 0.0669. The van der Waals surface area contributed by atoms with Gasteiger partial charge in [-0.1, -0.05) is 6.58 Å². The van der Waals surface area contributed by atoms with Crippen LogP contribution in [0.3, 0.4) is 0 Å². The van der Waals surface area contributed by atoms with E-state index in [0.29, 0.717) is 5.75 Å². The Morgan fingerprint density at radius 2 is 1.04 bits per heavy atom. The predicted octanol–water partition coefficient (Wildman–Crippen LogP) is 3.62. The highest BCUT2D eigenvalue weighted by atomic mass is 16.7. The van der Waals surface area contributed by atoms with E-state index in [0.717, 1.165) is 6.08 Å². The second-order valence-electron chi connectivity index (χ2n) is 10.6. The van der Waals surface area contributed by atoms with Crippen molar-refractivity contribution >= 4 is 36.0 Å². The largest absolute Gasteiger partial charge is 0.513 e. The molecule has 2 aliphatic rings. The molecular formula is C35H30O15. The number of benzene rings is 3. The summed E-state index contributed by atoms with van der Waals surface area (Å²) in [4.78, 5) is 72.0. The standard InChI is InChI=1S/C35H30O15/c1-3-29(37)42-16-17-43-35(41)48-26-14-8-21(9-15-26)32(38)47-25-12-6-23(7-13-25)34(40)50-28-19-45-30-27(18-44-31(28)30)49-33(39)22-4-10-24(11-5-22)46-20(2)36/h3-15,27-28,30-31H,1,16-19H2,2H3/t27-,28+,30?,31-/m1/s1. The van der Waals surface area contributed by atoms with Crippen molar-refractivity contribution in [1.82, 2.24) is 0 Å². The van der Waals surface area contributed by atoms with E-state index in [4.69, 9.17) is 37.9 Å². The number of rotatable bonds is 12. The average molecular weight is 691 g/mol. The molecule has 5 rings (SSSR count). The summed E-state index contributed by atoms with van der Waals surface area (Å²) in [5, 5.41) is 0. The van der Waals surface area contributed by atoms with E-state index >= 15 is 0 Å². The summed E-state index contributed by atoms with van der Waals surface area (Å²) >= 11 is 0. The van der Waals surface area contributed by atoms with E-state index in [9.17, 15) is 28.8 Å². The minimum Gasteiger partial charge on any atom is -0.459 e. The van der Waals surface area contributed by atoms with Gasteiger partial charge >= 0.3 is 36.0 Å². The molecule has 0 bridgehead atoms. The first-order chi connectivity index (χ1) is 24.1. The molecule has 0 aliphatic carbocycles. The highest BCUT2D eigenvalue weighted by Crippen LogP contribution is 2.32. The summed E-state index contributed by atoms with van der Waals surface area (Å²) in [6.07, 6.45) is -2.84. The lowest BCUT2D eigenvalue weighted by molar-refractivity contribution is -0.139. The monoisotopic (exact) mass is 690 g/mol. The van der Waals surface area contributed by atoms with Crippen LogP contribution >= 0.6 is 0 Å². The zero-order chi connectivity index (χ0) is 35.6. The maximum atomic E-state index is 12.9. The normalized spacial score (nSPS) is 18.9. The lowest BCUT2D eigenvalue weighted by Crippen LogP contribution is -2.36. The second kappa shape index (κ2) is 16.4. The Morgan fingerprint density at radius 1 is 0.620 bits per heavy atom. The summed E-state index contributed by atoms with van der Waals surface area (Å²) in [5.41, 5.74) is 0.572. The van der Waals surface area contributed by atoms with Crippen LogP contribution in [0.2, 0.25) is 0 Å². The van der Waals surface area contributed by atoms with Crippen LogP contribution in [0.1, 0.15) is 38.0 Å². The lowest BCUT2D eigenvalue weighted by Gasteiger charge is -2.17. The van der Waals surface area contributed by atoms with Crippen molar-refractivity contribution in [2.24, 2.45) is 0 Å². The van der Waals surface area contributed by atoms with Crippen molar-refractivity contribution in [2.75, 3.05) is 26.4 Å². The Balaban J connectivity index is 1.06. The molecule has 0 amide bonds. The van der Waals surface area contributed by atoms with Gasteiger partial charge in [0.1, 0.15) is 42.7 Å². The third-order valence-electron chi connectivity index (χ3n) is 7.14. The molecule has 3 aromatic rings. The number of carbonyl (C=O) groups is 6. The molecule has 2 saturated heterocycles. The van der Waals surface area contributed by atoms with E-state index in [1.165, 1.54) is 79.7 Å². The van der Waals surface area contributed by atoms with Gasteiger partial charge in [-0.3, -0.25) is 4.79 Å². The van der Waals surface area contributed by atoms with Crippen molar-refractivity contribution in [2.45, 2.75) is 31.3 Å². The van der Waals surface area contributed by atoms with Gasteiger partial charge in [0.15, 0.2) is 12.2 Å². The highest BCUT2D eigenvalue weighted by molar-refractivity contribution is 5.92. The number of ether oxygens (including phenoxy) is 9. The first-order valence-corrected chi connectivity index (χ1v) is 15.1. The zero-order valence-corrected chi connectivity index (χ0v) is 26.5. The maximum absolute atomic E-state index is 12.9. The minimum absolute atomic E-state index is 0.0279. The third kappa shape index (κ3) is 9.30. The molecule has 0 saturated carbocycles. The fraction of sp³-hybridized carbons (Fsp3) is 0.257. The van der Waals surface area contributed by atoms with Crippen LogP contribution < -0.4 is 14.2 Å². The molecule has 15 heteroatoms. The highest BCUT2D eigenvalue weighted by Gasteiger charge is 2.51. The molecule has 260 valence electrons. The Kier molecular flexibility index (Phi) is 11.5. The fourth-order valence-electron chi connectivity index (χ4n) is 4.80. The van der Waals surface area contributed by atoms with Crippen LogP contribution in [-0.2, 0) is 38.0 Å². The number of hydrogen-bond acceptors (Lipinski definition) is 15. The minimum atomic E-state index is -1.03. The maximum Gasteiger partial charge on any atom is 0.513 e. The van der Waals surface area contributed by atoms with Gasteiger partial charge in [0.25, 0.3) is 0 Å². The van der Waals surface area contributed by atoms with E-state index in [1.807, 2.05) is 0 Å². The van der Waals surface area contributed by atoms with Gasteiger partial charge in [0.2, 0.25) is 0 Å². The molecule has 3 aromatic carbocycles. The number of fused-ring (bicyclic) bond motifs is 1. The molecule has 1 unspecified atom stereocenters. The topological polar surface area (TPSA) is 185 Å². The third-order valence-corrected chi connectivity index (χ3v) is 7.14. The molecule has 2 heterocycles. The second-order valence-corrected chi connectivity index (χ2v) is 10.6. The van der Waals surface area contributed by atoms with Gasteiger partial charge in [-0.25, -0.2) is 24.0 Å². The van der Waals surface area contributed by atoms with Gasteiger partial charge < -0.3 is 42.6 Å². The van der Waals surface area contributed by atoms with Crippen molar-refractivity contribution in [3.05, 3.63) is 102 Å². The van der Waals surface area contributed by atoms with Gasteiger partial charge in [0.05, 0.1) is 29.9 Å². The number of carbonyl (C=O) groups excluding carboxylic acids is 6. The Bertz CT molecular complexity index is 1730. The van der Waals surface area contributed by atoms with Crippen molar-refractivity contribution in [1.29, 1.82) is 0 Å². The molecule has 0 spiro atoms. The van der Waals surface area contributed by atoms with E-state index in [1.54, 1.807) is 0 Å². The van der Waals surface area contributed by atoms with Crippen molar-refractivity contribution in [3.8, 4) is 17.2 Å². The number of esters is 5. The lowest BCUT2D eigenvalue weighted by atomic mass is 10.1. The molecule has 2 fully saturated rings. The van der Waals surface area contributed by atoms with Gasteiger partial charge in [-0.05, 0) is 72.8 Å². The zero-order valence-electron chi connectivity index (χ0n) is 26.5. The van der Waals surface area contributed by atoms with Crippen molar-refractivity contribution in [3.63, 3.8) is 0 Å². The molecule has 0 radical (unpaired) electrons. The summed E-state index contributed by atoms with van der Waals surface area (Å²) in [6.45, 7) is 4.20. The summed E-state index contributed by atoms with van der Waals surface area (Å²) in [5.74, 6) is -2.59. The first-order valence-electron chi connectivity index (χ1n) is 15.1.